The van der Waals surface area contributed by atoms with E-state index in [1.807, 2.05) is 0 Å². The number of carbonyl (C=O) groups is 2. The van der Waals surface area contributed by atoms with Crippen LogP contribution in [0.5, 0.6) is 0 Å². The summed E-state index contributed by atoms with van der Waals surface area (Å²) in [6.45, 7) is 18.8. The minimum absolute atomic E-state index is 0.0207. The molecule has 4 heteroatoms. The summed E-state index contributed by atoms with van der Waals surface area (Å²) in [5, 5.41) is 1.10. The van der Waals surface area contributed by atoms with Crippen LogP contribution in [0.25, 0.3) is 0 Å². The lowest BCUT2D eigenvalue weighted by atomic mass is 9.60. The van der Waals surface area contributed by atoms with Crippen LogP contribution >= 0.6 is 0 Å². The Hall–Kier alpha value is -1.00. The topological polar surface area (TPSA) is 43.4 Å². The quantitative estimate of drug-likeness (QED) is 0.503. The minimum atomic E-state index is -2.17. The molecule has 1 heterocycles. The Balaban J connectivity index is 2.10. The van der Waals surface area contributed by atoms with Gasteiger partial charge in [0.05, 0.1) is 32.1 Å². The van der Waals surface area contributed by atoms with E-state index in [0.29, 0.717) is 23.2 Å². The van der Waals surface area contributed by atoms with Crippen molar-refractivity contribution in [1.82, 2.24) is 0 Å². The maximum atomic E-state index is 14.0. The van der Waals surface area contributed by atoms with Gasteiger partial charge in [-0.1, -0.05) is 61.0 Å². The Morgan fingerprint density at radius 1 is 1.04 bits per heavy atom. The van der Waals surface area contributed by atoms with Crippen LogP contribution in [0, 0.1) is 16.7 Å². The first kappa shape index (κ1) is 19.3. The zero-order valence-electron chi connectivity index (χ0n) is 18.1. The van der Waals surface area contributed by atoms with Crippen molar-refractivity contribution < 1.29 is 14.3 Å². The van der Waals surface area contributed by atoms with E-state index in [1.54, 1.807) is 6.08 Å². The third kappa shape index (κ3) is 1.97. The average molecular weight is 387 g/mol. The van der Waals surface area contributed by atoms with Crippen molar-refractivity contribution in [2.45, 2.75) is 84.5 Å². The van der Waals surface area contributed by atoms with Crippen LogP contribution in [-0.4, -0.2) is 32.4 Å². The van der Waals surface area contributed by atoms with Gasteiger partial charge in [-0.2, -0.15) is 0 Å². The molecule has 1 saturated carbocycles. The van der Waals surface area contributed by atoms with Gasteiger partial charge in [-0.05, 0) is 45.3 Å². The highest BCUT2D eigenvalue weighted by Crippen LogP contribution is 2.70. The third-order valence-corrected chi connectivity index (χ3v) is 15.4. The second kappa shape index (κ2) is 5.53. The van der Waals surface area contributed by atoms with Crippen LogP contribution in [0.15, 0.2) is 22.4 Å². The van der Waals surface area contributed by atoms with Crippen LogP contribution in [0.1, 0.15) is 61.8 Å². The van der Waals surface area contributed by atoms with Crippen molar-refractivity contribution in [1.29, 1.82) is 0 Å². The number of allylic oxidation sites excluding steroid dienone is 2. The molecule has 0 N–H and O–H groups in total. The summed E-state index contributed by atoms with van der Waals surface area (Å²) >= 11 is 0. The van der Waals surface area contributed by atoms with Crippen molar-refractivity contribution in [3.05, 3.63) is 22.4 Å². The van der Waals surface area contributed by atoms with Gasteiger partial charge in [-0.15, -0.1) is 0 Å². The van der Waals surface area contributed by atoms with E-state index in [-0.39, 0.29) is 23.1 Å². The van der Waals surface area contributed by atoms with E-state index in [1.165, 1.54) is 11.1 Å². The molecule has 0 aromatic heterocycles. The summed E-state index contributed by atoms with van der Waals surface area (Å²) in [5.74, 6) is -0.333. The Morgan fingerprint density at radius 3 is 2.11 bits per heavy atom. The largest absolute Gasteiger partial charge is 0.372 e. The molecular formula is C23H34O3Si. The highest BCUT2D eigenvalue weighted by molar-refractivity contribution is 6.94. The summed E-state index contributed by atoms with van der Waals surface area (Å²) in [5.41, 5.74) is 3.27. The van der Waals surface area contributed by atoms with Gasteiger partial charge in [0.25, 0.3) is 0 Å². The Labute approximate surface area is 164 Å². The van der Waals surface area contributed by atoms with E-state index in [2.05, 4.69) is 55.4 Å². The number of carbonyl (C=O) groups excluding carboxylic acids is 2. The molecule has 0 aromatic rings. The standard InChI is InChI=1S/C23H34O3Si/c1-12(2)27(13(3)4,14(5)6)20-18-21-22(7,8)10-15-9-16(24)17(19(20)25)23(15,18)11-26-21/h9,12-14,17,21H,10-11H2,1-8H3/t17-,21?,23-/m1/s1. The maximum Gasteiger partial charge on any atom is 0.167 e. The van der Waals surface area contributed by atoms with Crippen molar-refractivity contribution in [3.8, 4) is 0 Å². The summed E-state index contributed by atoms with van der Waals surface area (Å²) in [4.78, 5) is 27.0. The summed E-state index contributed by atoms with van der Waals surface area (Å²) in [7, 11) is -2.17. The van der Waals surface area contributed by atoms with Crippen molar-refractivity contribution in [2.24, 2.45) is 16.7 Å². The molecule has 3 nitrogen and oxygen atoms in total. The van der Waals surface area contributed by atoms with Gasteiger partial charge in [-0.3, -0.25) is 9.59 Å². The fourth-order valence-corrected chi connectivity index (χ4v) is 14.8. The molecule has 2 bridgehead atoms. The molecule has 4 rings (SSSR count). The maximum absolute atomic E-state index is 14.0. The number of rotatable bonds is 4. The molecule has 27 heavy (non-hydrogen) atoms. The van der Waals surface area contributed by atoms with Crippen LogP contribution in [-0.2, 0) is 14.3 Å². The van der Waals surface area contributed by atoms with E-state index in [0.717, 1.165) is 11.6 Å². The first-order chi connectivity index (χ1) is 12.4. The molecule has 3 atom stereocenters. The van der Waals surface area contributed by atoms with Crippen molar-refractivity contribution in [3.63, 3.8) is 0 Å². The lowest BCUT2D eigenvalue weighted by Crippen LogP contribution is -2.50. The molecule has 1 unspecified atom stereocenters. The highest BCUT2D eigenvalue weighted by Gasteiger charge is 2.72. The smallest absolute Gasteiger partial charge is 0.167 e. The Bertz CT molecular complexity index is 777. The molecule has 0 radical (unpaired) electrons. The average Bonchev–Trinajstić information content (AvgIpc) is 3.07. The lowest BCUT2D eigenvalue weighted by Gasteiger charge is -2.47. The number of Topliss-reactive ketones (excluding diaryl/α,β-unsaturated/α-hetero) is 1. The molecule has 148 valence electrons. The van der Waals surface area contributed by atoms with E-state index >= 15 is 0 Å². The third-order valence-electron chi connectivity index (χ3n) is 8.32. The van der Waals surface area contributed by atoms with Gasteiger partial charge in [0.15, 0.2) is 11.6 Å². The van der Waals surface area contributed by atoms with E-state index in [9.17, 15) is 9.59 Å². The second-order valence-electron chi connectivity index (χ2n) is 10.9. The van der Waals surface area contributed by atoms with Crippen LogP contribution in [0.4, 0.5) is 0 Å². The molecule has 1 saturated heterocycles. The monoisotopic (exact) mass is 386 g/mol. The minimum Gasteiger partial charge on any atom is -0.372 e. The van der Waals surface area contributed by atoms with Gasteiger partial charge in [0, 0.05) is 0 Å². The van der Waals surface area contributed by atoms with Crippen LogP contribution in [0.2, 0.25) is 16.6 Å². The Morgan fingerprint density at radius 2 is 1.59 bits per heavy atom. The van der Waals surface area contributed by atoms with Crippen molar-refractivity contribution >= 4 is 19.6 Å². The van der Waals surface area contributed by atoms with Gasteiger partial charge in [0.2, 0.25) is 0 Å². The number of ether oxygens (including phenoxy) is 1. The van der Waals surface area contributed by atoms with Crippen molar-refractivity contribution in [2.75, 3.05) is 6.61 Å². The molecule has 2 fully saturated rings. The number of ketones is 2. The molecule has 0 aromatic carbocycles. The molecule has 1 aliphatic heterocycles. The number of hydrogen-bond acceptors (Lipinski definition) is 3. The lowest BCUT2D eigenvalue weighted by molar-refractivity contribution is -0.129. The normalized spacial score (nSPS) is 34.4. The zero-order chi connectivity index (χ0) is 20.1. The predicted molar refractivity (Wildman–Crippen MR) is 110 cm³/mol. The molecule has 3 aliphatic carbocycles. The SMILES string of the molecule is CC(C)[Si](C1=C2C3OC[C@]24C(=CC(=O)[C@@H]4C1=O)CC3(C)C)(C(C)C)C(C)C. The molecule has 4 aliphatic rings. The molecule has 0 amide bonds. The van der Waals surface area contributed by atoms with Gasteiger partial charge >= 0.3 is 0 Å². The van der Waals surface area contributed by atoms with Gasteiger partial charge < -0.3 is 4.74 Å². The number of hydrogen-bond donors (Lipinski definition) is 0. The first-order valence-electron chi connectivity index (χ1n) is 10.6. The zero-order valence-corrected chi connectivity index (χ0v) is 19.1. The summed E-state index contributed by atoms with van der Waals surface area (Å²) < 4.78 is 6.41. The Kier molecular flexibility index (Phi) is 3.96. The van der Waals surface area contributed by atoms with Gasteiger partial charge in [-0.25, -0.2) is 0 Å². The summed E-state index contributed by atoms with van der Waals surface area (Å²) in [6, 6.07) is 0. The predicted octanol–water partition coefficient (Wildman–Crippen LogP) is 5.02. The van der Waals surface area contributed by atoms with Crippen LogP contribution in [0.3, 0.4) is 0 Å². The highest BCUT2D eigenvalue weighted by atomic mass is 28.3. The molecule has 1 spiro atoms. The molecular weight excluding hydrogens is 352 g/mol. The van der Waals surface area contributed by atoms with E-state index in [4.69, 9.17) is 4.74 Å². The first-order valence-corrected chi connectivity index (χ1v) is 12.8. The summed E-state index contributed by atoms with van der Waals surface area (Å²) in [6.07, 6.45) is 2.64. The van der Waals surface area contributed by atoms with Crippen LogP contribution < -0.4 is 0 Å². The fourth-order valence-electron chi connectivity index (χ4n) is 7.63. The fraction of sp³-hybridized carbons (Fsp3) is 0.739. The van der Waals surface area contributed by atoms with Gasteiger partial charge in [0.1, 0.15) is 0 Å². The second-order valence-corrected chi connectivity index (χ2v) is 16.7. The van der Waals surface area contributed by atoms with E-state index < -0.39 is 19.4 Å².